The Kier molecular flexibility index (Phi) is 6.89. The average molecular weight is 276 g/mol. The molecule has 1 saturated heterocycles. The molecule has 1 aromatic rings. The van der Waals surface area contributed by atoms with Gasteiger partial charge in [0.1, 0.15) is 12.4 Å². The first kappa shape index (κ1) is 15.3. The first-order valence-electron chi connectivity index (χ1n) is 7.99. The molecule has 2 unspecified atom stereocenters. The van der Waals surface area contributed by atoms with Crippen molar-refractivity contribution >= 4 is 0 Å². The minimum absolute atomic E-state index is 0.546. The lowest BCUT2D eigenvalue weighted by atomic mass is 10.0. The van der Waals surface area contributed by atoms with E-state index in [1.54, 1.807) is 0 Å². The van der Waals surface area contributed by atoms with Crippen LogP contribution in [-0.4, -0.2) is 31.8 Å². The zero-order chi connectivity index (χ0) is 14.0. The molecular formula is C17H28N2O. The van der Waals surface area contributed by atoms with E-state index >= 15 is 0 Å². The number of hydrogen-bond acceptors (Lipinski definition) is 3. The van der Waals surface area contributed by atoms with E-state index in [0.717, 1.165) is 18.9 Å². The zero-order valence-corrected chi connectivity index (χ0v) is 12.6. The van der Waals surface area contributed by atoms with E-state index in [2.05, 4.69) is 17.6 Å². The van der Waals surface area contributed by atoms with Crippen LogP contribution < -0.4 is 15.4 Å². The summed E-state index contributed by atoms with van der Waals surface area (Å²) in [5.41, 5.74) is 0. The van der Waals surface area contributed by atoms with Gasteiger partial charge in [-0.15, -0.1) is 0 Å². The Hall–Kier alpha value is -1.06. The molecule has 0 aliphatic carbocycles. The molecule has 0 spiro atoms. The predicted molar refractivity (Wildman–Crippen MR) is 84.3 cm³/mol. The summed E-state index contributed by atoms with van der Waals surface area (Å²) in [6, 6.07) is 11.2. The molecule has 112 valence electrons. The van der Waals surface area contributed by atoms with Crippen LogP contribution in [0.3, 0.4) is 0 Å². The number of para-hydroxylation sites is 1. The molecule has 3 nitrogen and oxygen atoms in total. The third-order valence-electron chi connectivity index (χ3n) is 3.91. The highest BCUT2D eigenvalue weighted by Gasteiger charge is 2.14. The van der Waals surface area contributed by atoms with Gasteiger partial charge in [-0.05, 0) is 44.9 Å². The molecule has 0 amide bonds. The van der Waals surface area contributed by atoms with Gasteiger partial charge in [-0.25, -0.2) is 0 Å². The van der Waals surface area contributed by atoms with E-state index < -0.39 is 0 Å². The highest BCUT2D eigenvalue weighted by atomic mass is 16.5. The summed E-state index contributed by atoms with van der Waals surface area (Å²) < 4.78 is 5.69. The summed E-state index contributed by atoms with van der Waals surface area (Å²) in [6.45, 7) is 5.10. The van der Waals surface area contributed by atoms with Crippen molar-refractivity contribution in [2.24, 2.45) is 0 Å². The third-order valence-corrected chi connectivity index (χ3v) is 3.91. The Labute approximate surface area is 123 Å². The van der Waals surface area contributed by atoms with Crippen molar-refractivity contribution in [3.63, 3.8) is 0 Å². The highest BCUT2D eigenvalue weighted by molar-refractivity contribution is 5.20. The minimum Gasteiger partial charge on any atom is -0.492 e. The summed E-state index contributed by atoms with van der Waals surface area (Å²) >= 11 is 0. The second-order valence-corrected chi connectivity index (χ2v) is 5.75. The molecule has 0 saturated carbocycles. The predicted octanol–water partition coefficient (Wildman–Crippen LogP) is 2.97. The van der Waals surface area contributed by atoms with Gasteiger partial charge in [-0.3, -0.25) is 0 Å². The fourth-order valence-electron chi connectivity index (χ4n) is 2.80. The molecular weight excluding hydrogens is 248 g/mol. The van der Waals surface area contributed by atoms with Crippen LogP contribution in [0.4, 0.5) is 0 Å². The SMILES string of the molecule is CC(CC1CCCCCN1)NCCOc1ccccc1. The fraction of sp³-hybridized carbons (Fsp3) is 0.647. The summed E-state index contributed by atoms with van der Waals surface area (Å²) in [5.74, 6) is 0.951. The number of ether oxygens (including phenoxy) is 1. The van der Waals surface area contributed by atoms with Gasteiger partial charge in [0, 0.05) is 18.6 Å². The van der Waals surface area contributed by atoms with Crippen molar-refractivity contribution in [3.8, 4) is 5.75 Å². The molecule has 2 N–H and O–H groups in total. The van der Waals surface area contributed by atoms with Crippen molar-refractivity contribution < 1.29 is 4.74 Å². The van der Waals surface area contributed by atoms with Crippen LogP contribution in [0.5, 0.6) is 5.75 Å². The molecule has 2 rings (SSSR count). The van der Waals surface area contributed by atoms with E-state index in [1.165, 1.54) is 38.6 Å². The summed E-state index contributed by atoms with van der Waals surface area (Å²) in [7, 11) is 0. The maximum Gasteiger partial charge on any atom is 0.119 e. The normalized spacial score (nSPS) is 21.1. The Bertz CT molecular complexity index is 347. The van der Waals surface area contributed by atoms with E-state index in [-0.39, 0.29) is 0 Å². The second-order valence-electron chi connectivity index (χ2n) is 5.75. The average Bonchev–Trinajstić information content (AvgIpc) is 2.73. The molecule has 1 heterocycles. The molecule has 0 bridgehead atoms. The van der Waals surface area contributed by atoms with Gasteiger partial charge in [0.2, 0.25) is 0 Å². The van der Waals surface area contributed by atoms with E-state index in [0.29, 0.717) is 12.1 Å². The van der Waals surface area contributed by atoms with Crippen LogP contribution in [0.25, 0.3) is 0 Å². The summed E-state index contributed by atoms with van der Waals surface area (Å²) in [6.07, 6.45) is 6.64. The van der Waals surface area contributed by atoms with Crippen molar-refractivity contribution in [1.29, 1.82) is 0 Å². The standard InChI is InChI=1S/C17H28N2O/c1-15(14-16-8-4-3-7-11-19-16)18-12-13-20-17-9-5-2-6-10-17/h2,5-6,9-10,15-16,18-19H,3-4,7-8,11-14H2,1H3. The third kappa shape index (κ3) is 5.93. The van der Waals surface area contributed by atoms with Crippen LogP contribution in [-0.2, 0) is 0 Å². The lowest BCUT2D eigenvalue weighted by Gasteiger charge is -2.21. The van der Waals surface area contributed by atoms with Crippen molar-refractivity contribution in [1.82, 2.24) is 10.6 Å². The van der Waals surface area contributed by atoms with Gasteiger partial charge in [-0.1, -0.05) is 31.0 Å². The van der Waals surface area contributed by atoms with Crippen LogP contribution in [0, 0.1) is 0 Å². The second kappa shape index (κ2) is 8.98. The quantitative estimate of drug-likeness (QED) is 0.751. The highest BCUT2D eigenvalue weighted by Crippen LogP contribution is 2.12. The first-order chi connectivity index (χ1) is 9.84. The number of rotatable bonds is 7. The van der Waals surface area contributed by atoms with Crippen LogP contribution in [0.15, 0.2) is 30.3 Å². The van der Waals surface area contributed by atoms with E-state index in [4.69, 9.17) is 4.74 Å². The van der Waals surface area contributed by atoms with Crippen molar-refractivity contribution in [3.05, 3.63) is 30.3 Å². The topological polar surface area (TPSA) is 33.3 Å². The smallest absolute Gasteiger partial charge is 0.119 e. The molecule has 3 heteroatoms. The lowest BCUT2D eigenvalue weighted by Crippen LogP contribution is -2.38. The largest absolute Gasteiger partial charge is 0.492 e. The lowest BCUT2D eigenvalue weighted by molar-refractivity contribution is 0.299. The minimum atomic E-state index is 0.546. The van der Waals surface area contributed by atoms with Crippen LogP contribution >= 0.6 is 0 Å². The first-order valence-corrected chi connectivity index (χ1v) is 7.99. The fourth-order valence-corrected chi connectivity index (χ4v) is 2.80. The maximum absolute atomic E-state index is 5.69. The monoisotopic (exact) mass is 276 g/mol. The van der Waals surface area contributed by atoms with Gasteiger partial charge in [-0.2, -0.15) is 0 Å². The van der Waals surface area contributed by atoms with Gasteiger partial charge in [0.25, 0.3) is 0 Å². The Morgan fingerprint density at radius 1 is 1.25 bits per heavy atom. The molecule has 0 aromatic heterocycles. The van der Waals surface area contributed by atoms with Gasteiger partial charge < -0.3 is 15.4 Å². The molecule has 1 aliphatic heterocycles. The zero-order valence-electron chi connectivity index (χ0n) is 12.6. The van der Waals surface area contributed by atoms with Crippen molar-refractivity contribution in [2.75, 3.05) is 19.7 Å². The van der Waals surface area contributed by atoms with Gasteiger partial charge in [0.15, 0.2) is 0 Å². The van der Waals surface area contributed by atoms with Crippen LogP contribution in [0.2, 0.25) is 0 Å². The maximum atomic E-state index is 5.69. The molecule has 1 aliphatic rings. The molecule has 1 fully saturated rings. The van der Waals surface area contributed by atoms with Crippen molar-refractivity contribution in [2.45, 2.75) is 51.1 Å². The molecule has 1 aromatic carbocycles. The molecule has 0 radical (unpaired) electrons. The Morgan fingerprint density at radius 3 is 2.95 bits per heavy atom. The van der Waals surface area contributed by atoms with E-state index in [1.807, 2.05) is 30.3 Å². The Morgan fingerprint density at radius 2 is 2.10 bits per heavy atom. The number of benzene rings is 1. The van der Waals surface area contributed by atoms with Gasteiger partial charge >= 0.3 is 0 Å². The summed E-state index contributed by atoms with van der Waals surface area (Å²) in [5, 5.41) is 7.21. The van der Waals surface area contributed by atoms with Crippen LogP contribution in [0.1, 0.15) is 39.0 Å². The van der Waals surface area contributed by atoms with E-state index in [9.17, 15) is 0 Å². The Balaban J connectivity index is 1.56. The molecule has 20 heavy (non-hydrogen) atoms. The van der Waals surface area contributed by atoms with Gasteiger partial charge in [0.05, 0.1) is 0 Å². The number of hydrogen-bond donors (Lipinski definition) is 2. The number of nitrogens with one attached hydrogen (secondary N) is 2. The summed E-state index contributed by atoms with van der Waals surface area (Å²) in [4.78, 5) is 0. The molecule has 2 atom stereocenters.